The van der Waals surface area contributed by atoms with Gasteiger partial charge >= 0.3 is 0 Å². The van der Waals surface area contributed by atoms with Gasteiger partial charge in [0.05, 0.1) is 10.7 Å². The summed E-state index contributed by atoms with van der Waals surface area (Å²) >= 11 is 6.34. The fourth-order valence-corrected chi connectivity index (χ4v) is 5.51. The first-order valence-electron chi connectivity index (χ1n) is 11.2. The minimum absolute atomic E-state index is 0.0727. The number of nitrogens with zero attached hydrogens (tertiary/aromatic N) is 2. The first-order valence-corrected chi connectivity index (χ1v) is 11.6. The average Bonchev–Trinajstić information content (AvgIpc) is 3.19. The molecule has 5 nitrogen and oxygen atoms in total. The molecule has 158 valence electrons. The number of likely N-dealkylation sites (tertiary alicyclic amines) is 1. The maximum atomic E-state index is 13.0. The lowest BCUT2D eigenvalue weighted by Gasteiger charge is -2.48. The van der Waals surface area contributed by atoms with Gasteiger partial charge in [-0.2, -0.15) is 0 Å². The Balaban J connectivity index is 1.47. The van der Waals surface area contributed by atoms with E-state index in [1.54, 1.807) is 23.1 Å². The molecule has 1 aliphatic carbocycles. The molecule has 2 amide bonds. The topological polar surface area (TPSA) is 52.7 Å². The molecule has 3 fully saturated rings. The highest BCUT2D eigenvalue weighted by molar-refractivity contribution is 6.34. The first-order chi connectivity index (χ1) is 14.1. The number of anilines is 1. The molecule has 3 aliphatic rings. The van der Waals surface area contributed by atoms with Gasteiger partial charge in [0, 0.05) is 30.6 Å². The monoisotopic (exact) mass is 417 g/mol. The summed E-state index contributed by atoms with van der Waals surface area (Å²) in [6.07, 6.45) is 11.4. The van der Waals surface area contributed by atoms with Crippen LogP contribution in [0.5, 0.6) is 0 Å². The molecule has 2 saturated heterocycles. The van der Waals surface area contributed by atoms with Crippen LogP contribution in [0.4, 0.5) is 5.69 Å². The summed E-state index contributed by atoms with van der Waals surface area (Å²) in [6, 6.07) is 5.27. The second-order valence-corrected chi connectivity index (χ2v) is 9.24. The van der Waals surface area contributed by atoms with Crippen molar-refractivity contribution in [3.63, 3.8) is 0 Å². The van der Waals surface area contributed by atoms with E-state index < -0.39 is 0 Å². The lowest BCUT2D eigenvalue weighted by molar-refractivity contribution is -0.117. The van der Waals surface area contributed by atoms with Gasteiger partial charge in [-0.1, -0.05) is 37.3 Å². The summed E-state index contributed by atoms with van der Waals surface area (Å²) < 4.78 is 0. The number of carbonyl (C=O) groups excluding carboxylic acids is 2. The van der Waals surface area contributed by atoms with Crippen LogP contribution >= 0.6 is 11.6 Å². The lowest BCUT2D eigenvalue weighted by Crippen LogP contribution is -2.58. The van der Waals surface area contributed by atoms with E-state index >= 15 is 0 Å². The van der Waals surface area contributed by atoms with Crippen molar-refractivity contribution in [2.45, 2.75) is 69.7 Å². The summed E-state index contributed by atoms with van der Waals surface area (Å²) in [4.78, 5) is 29.5. The van der Waals surface area contributed by atoms with Crippen LogP contribution in [0.25, 0.3) is 0 Å². The van der Waals surface area contributed by atoms with Crippen LogP contribution in [0.1, 0.15) is 74.6 Å². The summed E-state index contributed by atoms with van der Waals surface area (Å²) in [7, 11) is 0. The van der Waals surface area contributed by atoms with E-state index in [4.69, 9.17) is 11.6 Å². The number of rotatable bonds is 5. The largest absolute Gasteiger partial charge is 0.350 e. The van der Waals surface area contributed by atoms with Crippen molar-refractivity contribution in [2.75, 3.05) is 31.1 Å². The Kier molecular flexibility index (Phi) is 6.45. The molecule has 1 aromatic carbocycles. The second kappa shape index (κ2) is 9.05. The SMILES string of the molecule is O=C(NCC1(N2CCCCC2)CCCCC1)c1ccc(Cl)c(N2CCCC2=O)c1. The number of amides is 2. The Labute approximate surface area is 178 Å². The third-order valence-electron chi connectivity index (χ3n) is 6.96. The van der Waals surface area contributed by atoms with Crippen molar-refractivity contribution >= 4 is 29.1 Å². The summed E-state index contributed by atoms with van der Waals surface area (Å²) in [6.45, 7) is 3.67. The van der Waals surface area contributed by atoms with Gasteiger partial charge in [0.1, 0.15) is 0 Å². The van der Waals surface area contributed by atoms with Crippen LogP contribution in [0.15, 0.2) is 18.2 Å². The van der Waals surface area contributed by atoms with E-state index in [0.29, 0.717) is 35.8 Å². The zero-order valence-corrected chi connectivity index (χ0v) is 18.0. The zero-order chi connectivity index (χ0) is 20.3. The minimum Gasteiger partial charge on any atom is -0.350 e. The number of halogens is 1. The second-order valence-electron chi connectivity index (χ2n) is 8.83. The number of hydrogen-bond donors (Lipinski definition) is 1. The normalized spacial score (nSPS) is 22.7. The van der Waals surface area contributed by atoms with Gasteiger partial charge in [-0.05, 0) is 63.4 Å². The molecule has 0 unspecified atom stereocenters. The smallest absolute Gasteiger partial charge is 0.251 e. The Hall–Kier alpha value is -1.59. The molecule has 29 heavy (non-hydrogen) atoms. The van der Waals surface area contributed by atoms with Gasteiger partial charge in [0.25, 0.3) is 5.91 Å². The molecule has 0 atom stereocenters. The van der Waals surface area contributed by atoms with Gasteiger partial charge in [0.2, 0.25) is 5.91 Å². The molecular formula is C23H32ClN3O2. The van der Waals surface area contributed by atoms with Gasteiger partial charge in [-0.25, -0.2) is 0 Å². The van der Waals surface area contributed by atoms with E-state index in [1.165, 1.54) is 51.4 Å². The number of carbonyl (C=O) groups is 2. The minimum atomic E-state index is -0.0727. The van der Waals surface area contributed by atoms with Crippen LogP contribution < -0.4 is 10.2 Å². The summed E-state index contributed by atoms with van der Waals surface area (Å²) in [5.74, 6) is 0.00670. The molecule has 0 bridgehead atoms. The standard InChI is InChI=1S/C23H32ClN3O2/c24-19-10-9-18(16-20(19)27-15-7-8-21(27)28)22(29)25-17-23(11-3-1-4-12-23)26-13-5-2-6-14-26/h9-10,16H,1-8,11-15,17H2,(H,25,29). The van der Waals surface area contributed by atoms with Crippen LogP contribution in [0.3, 0.4) is 0 Å². The quantitative estimate of drug-likeness (QED) is 0.773. The Morgan fingerprint density at radius 2 is 1.72 bits per heavy atom. The predicted octanol–water partition coefficient (Wildman–Crippen LogP) is 4.39. The van der Waals surface area contributed by atoms with Gasteiger partial charge in [0.15, 0.2) is 0 Å². The summed E-state index contributed by atoms with van der Waals surface area (Å²) in [5.41, 5.74) is 1.34. The Morgan fingerprint density at radius 3 is 2.41 bits per heavy atom. The fourth-order valence-electron chi connectivity index (χ4n) is 5.29. The molecule has 1 saturated carbocycles. The molecule has 1 N–H and O–H groups in total. The molecule has 6 heteroatoms. The highest BCUT2D eigenvalue weighted by atomic mass is 35.5. The molecule has 4 rings (SSSR count). The van der Waals surface area contributed by atoms with Crippen LogP contribution in [0, 0.1) is 0 Å². The summed E-state index contributed by atoms with van der Waals surface area (Å²) in [5, 5.41) is 3.75. The van der Waals surface area contributed by atoms with Gasteiger partial charge in [-0.3, -0.25) is 14.5 Å². The molecule has 0 radical (unpaired) electrons. The molecule has 0 aromatic heterocycles. The van der Waals surface area contributed by atoms with Crippen LogP contribution in [-0.4, -0.2) is 48.4 Å². The van der Waals surface area contributed by atoms with E-state index in [0.717, 1.165) is 19.5 Å². The Morgan fingerprint density at radius 1 is 1.00 bits per heavy atom. The number of benzene rings is 1. The third-order valence-corrected chi connectivity index (χ3v) is 7.28. The first kappa shape index (κ1) is 20.7. The van der Waals surface area contributed by atoms with Crippen molar-refractivity contribution in [2.24, 2.45) is 0 Å². The van der Waals surface area contributed by atoms with E-state index in [9.17, 15) is 9.59 Å². The van der Waals surface area contributed by atoms with Crippen molar-refractivity contribution in [1.82, 2.24) is 10.2 Å². The molecular weight excluding hydrogens is 386 g/mol. The maximum Gasteiger partial charge on any atom is 0.251 e. The molecule has 0 spiro atoms. The maximum absolute atomic E-state index is 13.0. The van der Waals surface area contributed by atoms with E-state index in [2.05, 4.69) is 10.2 Å². The van der Waals surface area contributed by atoms with Crippen molar-refractivity contribution < 1.29 is 9.59 Å². The Bertz CT molecular complexity index is 754. The highest BCUT2D eigenvalue weighted by Gasteiger charge is 2.38. The van der Waals surface area contributed by atoms with Crippen LogP contribution in [0.2, 0.25) is 5.02 Å². The number of piperidine rings is 1. The highest BCUT2D eigenvalue weighted by Crippen LogP contribution is 2.35. The molecule has 2 aliphatic heterocycles. The zero-order valence-electron chi connectivity index (χ0n) is 17.2. The number of hydrogen-bond acceptors (Lipinski definition) is 3. The molecule has 2 heterocycles. The fraction of sp³-hybridized carbons (Fsp3) is 0.652. The van der Waals surface area contributed by atoms with Crippen molar-refractivity contribution in [3.05, 3.63) is 28.8 Å². The third kappa shape index (κ3) is 4.46. The van der Waals surface area contributed by atoms with Crippen LogP contribution in [-0.2, 0) is 4.79 Å². The van der Waals surface area contributed by atoms with Crippen molar-refractivity contribution in [1.29, 1.82) is 0 Å². The van der Waals surface area contributed by atoms with E-state index in [1.807, 2.05) is 0 Å². The van der Waals surface area contributed by atoms with Crippen molar-refractivity contribution in [3.8, 4) is 0 Å². The average molecular weight is 418 g/mol. The van der Waals surface area contributed by atoms with Gasteiger partial charge < -0.3 is 10.2 Å². The molecule has 1 aromatic rings. The number of nitrogens with one attached hydrogen (secondary N) is 1. The van der Waals surface area contributed by atoms with E-state index in [-0.39, 0.29) is 17.4 Å². The predicted molar refractivity (Wildman–Crippen MR) is 117 cm³/mol. The lowest BCUT2D eigenvalue weighted by atomic mass is 9.79. The van der Waals surface area contributed by atoms with Gasteiger partial charge in [-0.15, -0.1) is 0 Å².